The maximum absolute atomic E-state index is 11.5. The second-order valence-electron chi connectivity index (χ2n) is 3.61. The zero-order valence-corrected chi connectivity index (χ0v) is 10.8. The summed E-state index contributed by atoms with van der Waals surface area (Å²) in [5.41, 5.74) is 5.83. The summed E-state index contributed by atoms with van der Waals surface area (Å²) >= 11 is 0. The van der Waals surface area contributed by atoms with E-state index in [9.17, 15) is 9.59 Å². The van der Waals surface area contributed by atoms with Gasteiger partial charge in [-0.05, 0) is 12.1 Å². The van der Waals surface area contributed by atoms with E-state index in [4.69, 9.17) is 20.3 Å². The van der Waals surface area contributed by atoms with Crippen LogP contribution in [0.25, 0.3) is 0 Å². The van der Waals surface area contributed by atoms with Gasteiger partial charge in [-0.3, -0.25) is 4.79 Å². The number of rotatable bonds is 5. The molecule has 0 heterocycles. The maximum atomic E-state index is 11.5. The molecular weight excluding hydrogens is 254 g/mol. The van der Waals surface area contributed by atoms with Crippen molar-refractivity contribution < 1.29 is 28.9 Å². The molecule has 0 aliphatic heterocycles. The first-order chi connectivity index (χ1) is 8.96. The quantitative estimate of drug-likeness (QED) is 0.752. The van der Waals surface area contributed by atoms with Crippen LogP contribution in [0, 0.1) is 0 Å². The van der Waals surface area contributed by atoms with Crippen LogP contribution in [-0.2, 0) is 9.53 Å². The lowest BCUT2D eigenvalue weighted by Crippen LogP contribution is -2.22. The smallest absolute Gasteiger partial charge is 0.337 e. The molecule has 0 aliphatic carbocycles. The number of benzene rings is 1. The number of ether oxygens (including phenoxy) is 3. The number of methoxy groups -OCH3 is 3. The highest BCUT2D eigenvalue weighted by Gasteiger charge is 2.24. The monoisotopic (exact) mass is 269 g/mol. The highest BCUT2D eigenvalue weighted by Crippen LogP contribution is 2.35. The fourth-order valence-electron chi connectivity index (χ4n) is 1.59. The summed E-state index contributed by atoms with van der Waals surface area (Å²) < 4.78 is 14.7. The van der Waals surface area contributed by atoms with E-state index in [1.54, 1.807) is 0 Å². The van der Waals surface area contributed by atoms with Gasteiger partial charge in [-0.2, -0.15) is 0 Å². The van der Waals surface area contributed by atoms with E-state index < -0.39 is 18.0 Å². The molecule has 0 fully saturated rings. The van der Waals surface area contributed by atoms with E-state index in [1.807, 2.05) is 0 Å². The molecule has 7 heteroatoms. The lowest BCUT2D eigenvalue weighted by molar-refractivity contribution is -0.138. The number of esters is 1. The number of aliphatic carboxylic acids is 1. The highest BCUT2D eigenvalue weighted by molar-refractivity contribution is 5.91. The summed E-state index contributed by atoms with van der Waals surface area (Å²) in [7, 11) is 3.94. The third kappa shape index (κ3) is 2.94. The molecule has 1 aromatic carbocycles. The summed E-state index contributed by atoms with van der Waals surface area (Å²) in [6, 6.07) is 1.36. The van der Waals surface area contributed by atoms with Gasteiger partial charge in [-0.1, -0.05) is 0 Å². The average Bonchev–Trinajstić information content (AvgIpc) is 2.43. The van der Waals surface area contributed by atoms with E-state index in [-0.39, 0.29) is 22.6 Å². The minimum atomic E-state index is -1.34. The molecule has 0 saturated heterocycles. The van der Waals surface area contributed by atoms with Gasteiger partial charge in [0, 0.05) is 5.56 Å². The van der Waals surface area contributed by atoms with Crippen molar-refractivity contribution in [1.29, 1.82) is 0 Å². The topological polar surface area (TPSA) is 108 Å². The van der Waals surface area contributed by atoms with Crippen molar-refractivity contribution >= 4 is 11.9 Å². The Bertz CT molecular complexity index is 499. The fraction of sp³-hybridized carbons (Fsp3) is 0.333. The molecular formula is C12H15NO6. The van der Waals surface area contributed by atoms with Crippen LogP contribution in [0.3, 0.4) is 0 Å². The zero-order chi connectivity index (χ0) is 14.6. The van der Waals surface area contributed by atoms with Gasteiger partial charge < -0.3 is 25.1 Å². The molecule has 0 bridgehead atoms. The molecule has 7 nitrogen and oxygen atoms in total. The number of carboxylic acids is 1. The summed E-state index contributed by atoms with van der Waals surface area (Å²) in [5, 5.41) is 8.97. The van der Waals surface area contributed by atoms with Crippen molar-refractivity contribution in [2.24, 2.45) is 5.73 Å². The molecule has 1 unspecified atom stereocenters. The van der Waals surface area contributed by atoms with Gasteiger partial charge in [0.05, 0.1) is 26.9 Å². The molecule has 0 amide bonds. The van der Waals surface area contributed by atoms with Crippen LogP contribution >= 0.6 is 0 Å². The molecule has 0 radical (unpaired) electrons. The van der Waals surface area contributed by atoms with E-state index >= 15 is 0 Å². The molecule has 0 aromatic heterocycles. The molecule has 1 rings (SSSR count). The number of hydrogen-bond donors (Lipinski definition) is 2. The van der Waals surface area contributed by atoms with Crippen molar-refractivity contribution in [2.45, 2.75) is 6.04 Å². The second-order valence-corrected chi connectivity index (χ2v) is 3.61. The summed E-state index contributed by atoms with van der Waals surface area (Å²) in [4.78, 5) is 22.5. The third-order valence-electron chi connectivity index (χ3n) is 2.53. The van der Waals surface area contributed by atoms with Crippen molar-refractivity contribution in [2.75, 3.05) is 21.3 Å². The number of carbonyl (C=O) groups is 2. The maximum Gasteiger partial charge on any atom is 0.337 e. The fourth-order valence-corrected chi connectivity index (χ4v) is 1.59. The van der Waals surface area contributed by atoms with E-state index in [2.05, 4.69) is 4.74 Å². The summed E-state index contributed by atoms with van der Waals surface area (Å²) in [5.74, 6) is -1.50. The highest BCUT2D eigenvalue weighted by atomic mass is 16.5. The predicted molar refractivity (Wildman–Crippen MR) is 65.4 cm³/mol. The Hall–Kier alpha value is -2.28. The predicted octanol–water partition coefficient (Wildman–Crippen LogP) is 0.575. The van der Waals surface area contributed by atoms with Crippen molar-refractivity contribution in [1.82, 2.24) is 0 Å². The Labute approximate surface area is 109 Å². The van der Waals surface area contributed by atoms with E-state index in [0.29, 0.717) is 0 Å². The van der Waals surface area contributed by atoms with Crippen LogP contribution < -0.4 is 15.2 Å². The number of carboxylic acid groups (broad SMARTS) is 1. The minimum absolute atomic E-state index is 0.131. The number of nitrogens with two attached hydrogens (primary N) is 1. The van der Waals surface area contributed by atoms with Gasteiger partial charge in [0.15, 0.2) is 11.5 Å². The van der Waals surface area contributed by atoms with Crippen LogP contribution in [0.15, 0.2) is 12.1 Å². The molecule has 1 atom stereocenters. The Kier molecular flexibility index (Phi) is 4.71. The van der Waals surface area contributed by atoms with Crippen LogP contribution in [0.2, 0.25) is 0 Å². The number of hydrogen-bond acceptors (Lipinski definition) is 6. The Morgan fingerprint density at radius 1 is 1.21 bits per heavy atom. The van der Waals surface area contributed by atoms with Crippen molar-refractivity contribution in [3.63, 3.8) is 0 Å². The molecule has 0 saturated carbocycles. The van der Waals surface area contributed by atoms with Gasteiger partial charge >= 0.3 is 11.9 Å². The number of carbonyl (C=O) groups excluding carboxylic acids is 1. The van der Waals surface area contributed by atoms with Crippen LogP contribution in [-0.4, -0.2) is 38.4 Å². The molecule has 3 N–H and O–H groups in total. The summed E-state index contributed by atoms with van der Waals surface area (Å²) in [6.45, 7) is 0. The van der Waals surface area contributed by atoms with Gasteiger partial charge in [-0.25, -0.2) is 4.79 Å². The Morgan fingerprint density at radius 2 is 1.84 bits per heavy atom. The largest absolute Gasteiger partial charge is 0.493 e. The first kappa shape index (κ1) is 14.8. The van der Waals surface area contributed by atoms with Crippen molar-refractivity contribution in [3.05, 3.63) is 23.3 Å². The standard InChI is InChI=1S/C12H15NO6/c1-17-8-5-6(12(16)19-3)4-7(10(8)18-2)9(13)11(14)15/h4-5,9H,13H2,1-3H3,(H,14,15). The minimum Gasteiger partial charge on any atom is -0.493 e. The zero-order valence-electron chi connectivity index (χ0n) is 10.8. The molecule has 0 spiro atoms. The second kappa shape index (κ2) is 6.05. The Balaban J connectivity index is 3.48. The van der Waals surface area contributed by atoms with Crippen LogP contribution in [0.5, 0.6) is 11.5 Å². The molecule has 0 aliphatic rings. The van der Waals surface area contributed by atoms with Gasteiger partial charge in [-0.15, -0.1) is 0 Å². The molecule has 104 valence electrons. The first-order valence-corrected chi connectivity index (χ1v) is 5.28. The third-order valence-corrected chi connectivity index (χ3v) is 2.53. The molecule has 1 aromatic rings. The van der Waals surface area contributed by atoms with E-state index in [0.717, 1.165) is 0 Å². The van der Waals surface area contributed by atoms with Gasteiger partial charge in [0.25, 0.3) is 0 Å². The van der Waals surface area contributed by atoms with Crippen LogP contribution in [0.1, 0.15) is 22.0 Å². The lowest BCUT2D eigenvalue weighted by atomic mass is 10.0. The molecule has 19 heavy (non-hydrogen) atoms. The summed E-state index contributed by atoms with van der Waals surface area (Å²) in [6.07, 6.45) is 0. The Morgan fingerprint density at radius 3 is 2.26 bits per heavy atom. The van der Waals surface area contributed by atoms with Crippen LogP contribution in [0.4, 0.5) is 0 Å². The lowest BCUT2D eigenvalue weighted by Gasteiger charge is -2.16. The normalized spacial score (nSPS) is 11.6. The average molecular weight is 269 g/mol. The van der Waals surface area contributed by atoms with Gasteiger partial charge in [0.2, 0.25) is 0 Å². The van der Waals surface area contributed by atoms with Gasteiger partial charge in [0.1, 0.15) is 6.04 Å². The van der Waals surface area contributed by atoms with Crippen molar-refractivity contribution in [3.8, 4) is 11.5 Å². The SMILES string of the molecule is COC(=O)c1cc(OC)c(OC)c(C(N)C(=O)O)c1. The first-order valence-electron chi connectivity index (χ1n) is 5.28. The van der Waals surface area contributed by atoms with E-state index in [1.165, 1.54) is 33.5 Å².